The summed E-state index contributed by atoms with van der Waals surface area (Å²) in [6, 6.07) is 0. The molecule has 66 valence electrons. The van der Waals surface area contributed by atoms with Crippen LogP contribution in [0.3, 0.4) is 0 Å². The van der Waals surface area contributed by atoms with E-state index in [1.165, 1.54) is 6.08 Å². The molecule has 1 N–H and O–H groups in total. The predicted octanol–water partition coefficient (Wildman–Crippen LogP) is 2.21. The van der Waals surface area contributed by atoms with Gasteiger partial charge in [-0.2, -0.15) is 0 Å². The SMILES string of the molecule is C#CCCCCC/C=C/C(=O)O. The van der Waals surface area contributed by atoms with Crippen molar-refractivity contribution in [2.75, 3.05) is 0 Å². The van der Waals surface area contributed by atoms with Gasteiger partial charge in [0.2, 0.25) is 0 Å². The summed E-state index contributed by atoms with van der Waals surface area (Å²) >= 11 is 0. The van der Waals surface area contributed by atoms with Crippen molar-refractivity contribution in [3.05, 3.63) is 12.2 Å². The molecule has 0 aliphatic carbocycles. The van der Waals surface area contributed by atoms with Crippen molar-refractivity contribution >= 4 is 5.97 Å². The number of terminal acetylenes is 1. The molecule has 0 aromatic heterocycles. The third kappa shape index (κ3) is 8.77. The summed E-state index contributed by atoms with van der Waals surface area (Å²) in [6.45, 7) is 0. The average Bonchev–Trinajstić information content (AvgIpc) is 2.02. The first-order valence-electron chi connectivity index (χ1n) is 4.10. The second-order valence-corrected chi connectivity index (χ2v) is 2.54. The van der Waals surface area contributed by atoms with Crippen molar-refractivity contribution in [3.8, 4) is 12.3 Å². The maximum absolute atomic E-state index is 10.0. The third-order valence-electron chi connectivity index (χ3n) is 1.45. The fourth-order valence-electron chi connectivity index (χ4n) is 0.850. The van der Waals surface area contributed by atoms with Crippen LogP contribution in [0.25, 0.3) is 0 Å². The van der Waals surface area contributed by atoms with Crippen LogP contribution in [0.15, 0.2) is 12.2 Å². The number of hydrogen-bond acceptors (Lipinski definition) is 1. The number of allylic oxidation sites excluding steroid dienone is 1. The molecule has 0 unspecified atom stereocenters. The fourth-order valence-corrected chi connectivity index (χ4v) is 0.850. The Labute approximate surface area is 73.3 Å². The highest BCUT2D eigenvalue weighted by Crippen LogP contribution is 2.02. The van der Waals surface area contributed by atoms with E-state index in [-0.39, 0.29) is 0 Å². The second-order valence-electron chi connectivity index (χ2n) is 2.54. The first-order valence-corrected chi connectivity index (χ1v) is 4.10. The zero-order valence-electron chi connectivity index (χ0n) is 7.12. The van der Waals surface area contributed by atoms with E-state index < -0.39 is 5.97 Å². The molecule has 2 nitrogen and oxygen atoms in total. The van der Waals surface area contributed by atoms with Crippen molar-refractivity contribution in [1.29, 1.82) is 0 Å². The van der Waals surface area contributed by atoms with Gasteiger partial charge in [-0.1, -0.05) is 12.5 Å². The number of carboxylic acid groups (broad SMARTS) is 1. The summed E-state index contributed by atoms with van der Waals surface area (Å²) in [7, 11) is 0. The van der Waals surface area contributed by atoms with Gasteiger partial charge in [-0.15, -0.1) is 12.3 Å². The summed E-state index contributed by atoms with van der Waals surface area (Å²) in [5, 5.41) is 8.24. The molecule has 0 rings (SSSR count). The molecule has 0 aromatic carbocycles. The van der Waals surface area contributed by atoms with Crippen LogP contribution in [0.1, 0.15) is 32.1 Å². The van der Waals surface area contributed by atoms with E-state index in [9.17, 15) is 4.79 Å². The molecule has 0 aromatic rings. The molecule has 0 spiro atoms. The normalized spacial score (nSPS) is 9.92. The lowest BCUT2D eigenvalue weighted by Gasteiger charge is -1.92. The minimum absolute atomic E-state index is 0.822. The molecule has 0 saturated carbocycles. The van der Waals surface area contributed by atoms with Gasteiger partial charge in [0.15, 0.2) is 0 Å². The summed E-state index contributed by atoms with van der Waals surface area (Å²) in [4.78, 5) is 10.0. The van der Waals surface area contributed by atoms with E-state index >= 15 is 0 Å². The summed E-state index contributed by atoms with van der Waals surface area (Å²) in [5.41, 5.74) is 0. The van der Waals surface area contributed by atoms with Crippen molar-refractivity contribution in [2.24, 2.45) is 0 Å². The topological polar surface area (TPSA) is 37.3 Å². The van der Waals surface area contributed by atoms with Gasteiger partial charge >= 0.3 is 5.97 Å². The number of carbonyl (C=O) groups is 1. The fraction of sp³-hybridized carbons (Fsp3) is 0.500. The lowest BCUT2D eigenvalue weighted by molar-refractivity contribution is -0.131. The zero-order chi connectivity index (χ0) is 9.23. The molecule has 0 bridgehead atoms. The van der Waals surface area contributed by atoms with Gasteiger partial charge in [-0.25, -0.2) is 4.79 Å². The van der Waals surface area contributed by atoms with E-state index in [4.69, 9.17) is 11.5 Å². The number of carboxylic acids is 1. The molecular weight excluding hydrogens is 152 g/mol. The monoisotopic (exact) mass is 166 g/mol. The van der Waals surface area contributed by atoms with Gasteiger partial charge in [0.1, 0.15) is 0 Å². The first kappa shape index (κ1) is 10.8. The Morgan fingerprint density at radius 3 is 2.75 bits per heavy atom. The van der Waals surface area contributed by atoms with E-state index in [1.54, 1.807) is 6.08 Å². The highest BCUT2D eigenvalue weighted by atomic mass is 16.4. The quantitative estimate of drug-likeness (QED) is 0.373. The van der Waals surface area contributed by atoms with Gasteiger partial charge in [-0.3, -0.25) is 0 Å². The van der Waals surface area contributed by atoms with E-state index in [0.29, 0.717) is 0 Å². The maximum Gasteiger partial charge on any atom is 0.327 e. The Balaban J connectivity index is 3.11. The highest BCUT2D eigenvalue weighted by Gasteiger charge is 1.87. The lowest BCUT2D eigenvalue weighted by Crippen LogP contribution is -1.85. The first-order chi connectivity index (χ1) is 5.77. The van der Waals surface area contributed by atoms with Crippen LogP contribution in [-0.4, -0.2) is 11.1 Å². The Kier molecular flexibility index (Phi) is 7.07. The van der Waals surface area contributed by atoms with Crippen molar-refractivity contribution in [1.82, 2.24) is 0 Å². The molecule has 0 atom stereocenters. The van der Waals surface area contributed by atoms with Crippen LogP contribution >= 0.6 is 0 Å². The number of hydrogen-bond donors (Lipinski definition) is 1. The van der Waals surface area contributed by atoms with Crippen LogP contribution in [0.5, 0.6) is 0 Å². The molecule has 0 saturated heterocycles. The van der Waals surface area contributed by atoms with Gasteiger partial charge < -0.3 is 5.11 Å². The molecule has 0 amide bonds. The molecule has 0 aliphatic heterocycles. The average molecular weight is 166 g/mol. The maximum atomic E-state index is 10.0. The van der Waals surface area contributed by atoms with Crippen molar-refractivity contribution < 1.29 is 9.90 Å². The Morgan fingerprint density at radius 1 is 1.42 bits per heavy atom. The van der Waals surface area contributed by atoms with Crippen LogP contribution in [0, 0.1) is 12.3 Å². The molecular formula is C10H14O2. The predicted molar refractivity (Wildman–Crippen MR) is 48.7 cm³/mol. The van der Waals surface area contributed by atoms with Crippen LogP contribution in [0.4, 0.5) is 0 Å². The van der Waals surface area contributed by atoms with E-state index in [0.717, 1.165) is 32.1 Å². The van der Waals surface area contributed by atoms with Gasteiger partial charge in [-0.05, 0) is 19.3 Å². The zero-order valence-corrected chi connectivity index (χ0v) is 7.12. The minimum atomic E-state index is -0.876. The van der Waals surface area contributed by atoms with Crippen LogP contribution in [-0.2, 0) is 4.79 Å². The molecule has 0 fully saturated rings. The second kappa shape index (κ2) is 7.87. The van der Waals surface area contributed by atoms with Crippen molar-refractivity contribution in [3.63, 3.8) is 0 Å². The third-order valence-corrected chi connectivity index (χ3v) is 1.45. The molecule has 2 heteroatoms. The standard InChI is InChI=1S/C10H14O2/c1-2-3-4-5-6-7-8-9-10(11)12/h1,8-9H,3-7H2,(H,11,12)/b9-8+. The van der Waals surface area contributed by atoms with Crippen molar-refractivity contribution in [2.45, 2.75) is 32.1 Å². The van der Waals surface area contributed by atoms with Gasteiger partial charge in [0, 0.05) is 12.5 Å². The van der Waals surface area contributed by atoms with E-state index in [1.807, 2.05) is 0 Å². The van der Waals surface area contributed by atoms with Crippen LogP contribution < -0.4 is 0 Å². The summed E-state index contributed by atoms with van der Waals surface area (Å²) in [6.07, 6.45) is 12.7. The lowest BCUT2D eigenvalue weighted by atomic mass is 10.1. The van der Waals surface area contributed by atoms with E-state index in [2.05, 4.69) is 5.92 Å². The highest BCUT2D eigenvalue weighted by molar-refractivity contribution is 5.79. The minimum Gasteiger partial charge on any atom is -0.478 e. The molecule has 0 radical (unpaired) electrons. The molecule has 0 aliphatic rings. The number of rotatable bonds is 6. The number of aliphatic carboxylic acids is 1. The Morgan fingerprint density at radius 2 is 2.17 bits per heavy atom. The Hall–Kier alpha value is -1.23. The molecule has 12 heavy (non-hydrogen) atoms. The summed E-state index contributed by atoms with van der Waals surface area (Å²) in [5.74, 6) is 1.69. The van der Waals surface area contributed by atoms with Gasteiger partial charge in [0.25, 0.3) is 0 Å². The summed E-state index contributed by atoms with van der Waals surface area (Å²) < 4.78 is 0. The number of unbranched alkanes of at least 4 members (excludes halogenated alkanes) is 4. The largest absolute Gasteiger partial charge is 0.478 e. The van der Waals surface area contributed by atoms with Gasteiger partial charge in [0.05, 0.1) is 0 Å². The smallest absolute Gasteiger partial charge is 0.327 e. The van der Waals surface area contributed by atoms with Crippen LogP contribution in [0.2, 0.25) is 0 Å². The molecule has 0 heterocycles. The Bertz CT molecular complexity index is 187.